The molecule has 186 valence electrons. The zero-order valence-corrected chi connectivity index (χ0v) is 21.2. The number of sulfonamides is 1. The fraction of sp³-hybridized carbons (Fsp3) is 0.346. The molecule has 1 fully saturated rings. The molecule has 0 radical (unpaired) electrons. The number of benzene rings is 2. The molecule has 3 aromatic rings. The summed E-state index contributed by atoms with van der Waals surface area (Å²) in [5, 5.41) is 0. The van der Waals surface area contributed by atoms with Gasteiger partial charge in [0.05, 0.1) is 18.6 Å². The van der Waals surface area contributed by atoms with Crippen molar-refractivity contribution in [3.8, 4) is 11.4 Å². The molecule has 0 N–H and O–H groups in total. The van der Waals surface area contributed by atoms with E-state index in [0.717, 1.165) is 17.1 Å². The van der Waals surface area contributed by atoms with Crippen molar-refractivity contribution in [2.45, 2.75) is 25.7 Å². The molecule has 1 aliphatic rings. The van der Waals surface area contributed by atoms with E-state index in [1.807, 2.05) is 29.4 Å². The lowest BCUT2D eigenvalue weighted by atomic mass is 10.1. The highest BCUT2D eigenvalue weighted by atomic mass is 32.2. The molecule has 7 nitrogen and oxygen atoms in total. The Morgan fingerprint density at radius 2 is 1.63 bits per heavy atom. The first-order chi connectivity index (χ1) is 16.6. The minimum atomic E-state index is -3.63. The van der Waals surface area contributed by atoms with Gasteiger partial charge in [-0.15, -0.1) is 0 Å². The average molecular weight is 500 g/mol. The van der Waals surface area contributed by atoms with Crippen LogP contribution in [0, 0.1) is 26.6 Å². The Labute approximate surface area is 205 Å². The number of ether oxygens (including phenoxy) is 1. The number of carbonyl (C=O) groups excluding carboxylic acids is 1. The molecule has 0 amide bonds. The van der Waals surface area contributed by atoms with Crippen LogP contribution >= 0.6 is 0 Å². The monoisotopic (exact) mass is 499 g/mol. The normalized spacial score (nSPS) is 15.3. The molecule has 0 unspecified atom stereocenters. The zero-order valence-electron chi connectivity index (χ0n) is 20.4. The molecule has 0 bridgehead atoms. The minimum Gasteiger partial charge on any atom is -0.497 e. The van der Waals surface area contributed by atoms with Crippen molar-refractivity contribution in [2.24, 2.45) is 0 Å². The van der Waals surface area contributed by atoms with Crippen LogP contribution in [0.1, 0.15) is 27.3 Å². The Hall–Kier alpha value is -3.01. The number of methoxy groups -OCH3 is 1. The smallest absolute Gasteiger partial charge is 0.243 e. The van der Waals surface area contributed by atoms with Crippen molar-refractivity contribution in [3.63, 3.8) is 0 Å². The SMILES string of the molecule is COc1ccc(S(=O)(=O)N2CCN(CC(=O)c3cc(C)n(-c4ccc(F)cc4)c3C)CC2)c(C)c1. The largest absolute Gasteiger partial charge is 0.497 e. The summed E-state index contributed by atoms with van der Waals surface area (Å²) in [5.41, 5.74) is 3.75. The highest BCUT2D eigenvalue weighted by Crippen LogP contribution is 2.26. The van der Waals surface area contributed by atoms with Crippen molar-refractivity contribution in [1.82, 2.24) is 13.8 Å². The molecular weight excluding hydrogens is 469 g/mol. The maximum Gasteiger partial charge on any atom is 0.243 e. The van der Waals surface area contributed by atoms with Crippen LogP contribution in [0.15, 0.2) is 53.4 Å². The number of aryl methyl sites for hydroxylation is 2. The van der Waals surface area contributed by atoms with E-state index < -0.39 is 10.0 Å². The van der Waals surface area contributed by atoms with E-state index in [4.69, 9.17) is 4.74 Å². The van der Waals surface area contributed by atoms with Crippen LogP contribution in [-0.4, -0.2) is 67.8 Å². The van der Waals surface area contributed by atoms with Gasteiger partial charge in [0.15, 0.2) is 5.78 Å². The molecule has 1 saturated heterocycles. The number of ketones is 1. The summed E-state index contributed by atoms with van der Waals surface area (Å²) in [6.07, 6.45) is 0. The molecule has 0 aliphatic carbocycles. The molecule has 0 spiro atoms. The number of hydrogen-bond acceptors (Lipinski definition) is 5. The number of aromatic nitrogens is 1. The third-order valence-corrected chi connectivity index (χ3v) is 8.57. The van der Waals surface area contributed by atoms with E-state index >= 15 is 0 Å². The Morgan fingerprint density at radius 1 is 0.971 bits per heavy atom. The molecule has 9 heteroatoms. The molecular formula is C26H30FN3O4S. The van der Waals surface area contributed by atoms with Crippen LogP contribution in [-0.2, 0) is 10.0 Å². The predicted octanol–water partition coefficient (Wildman–Crippen LogP) is 3.74. The van der Waals surface area contributed by atoms with Crippen molar-refractivity contribution in [3.05, 3.63) is 76.9 Å². The number of Topliss-reactive ketones (excluding diaryl/α,β-unsaturated/α-hetero) is 1. The third-order valence-electron chi connectivity index (χ3n) is 6.51. The van der Waals surface area contributed by atoms with Gasteiger partial charge >= 0.3 is 0 Å². The molecule has 0 saturated carbocycles. The second-order valence-corrected chi connectivity index (χ2v) is 10.7. The number of rotatable bonds is 7. The molecule has 0 atom stereocenters. The van der Waals surface area contributed by atoms with Gasteiger partial charge in [0.25, 0.3) is 0 Å². The second kappa shape index (κ2) is 9.93. The summed E-state index contributed by atoms with van der Waals surface area (Å²) >= 11 is 0. The average Bonchev–Trinajstić information content (AvgIpc) is 3.13. The van der Waals surface area contributed by atoms with Gasteiger partial charge in [0.2, 0.25) is 10.0 Å². The van der Waals surface area contributed by atoms with Crippen molar-refractivity contribution >= 4 is 15.8 Å². The highest BCUT2D eigenvalue weighted by Gasteiger charge is 2.30. The van der Waals surface area contributed by atoms with Gasteiger partial charge in [-0.05, 0) is 74.9 Å². The van der Waals surface area contributed by atoms with E-state index in [0.29, 0.717) is 43.1 Å². The standard InChI is InChI=1S/C26H30FN3O4S/c1-18-15-23(34-4)9-10-26(18)35(32,33)29-13-11-28(12-14-29)17-25(31)24-16-19(2)30(20(24)3)22-7-5-21(27)6-8-22/h5-10,15-16H,11-14,17H2,1-4H3. The van der Waals surface area contributed by atoms with E-state index in [2.05, 4.69) is 0 Å². The summed E-state index contributed by atoms with van der Waals surface area (Å²) in [4.78, 5) is 15.4. The molecule has 2 aromatic carbocycles. The van der Waals surface area contributed by atoms with Gasteiger partial charge < -0.3 is 9.30 Å². The number of halogens is 1. The first-order valence-electron chi connectivity index (χ1n) is 11.5. The molecule has 35 heavy (non-hydrogen) atoms. The zero-order chi connectivity index (χ0) is 25.3. The summed E-state index contributed by atoms with van der Waals surface area (Å²) < 4.78 is 48.3. The van der Waals surface area contributed by atoms with Gasteiger partial charge in [-0.2, -0.15) is 4.31 Å². The third kappa shape index (κ3) is 5.03. The summed E-state index contributed by atoms with van der Waals surface area (Å²) in [6.45, 7) is 7.33. The van der Waals surface area contributed by atoms with Gasteiger partial charge in [-0.25, -0.2) is 12.8 Å². The molecule has 2 heterocycles. The number of hydrogen-bond donors (Lipinski definition) is 0. The van der Waals surface area contributed by atoms with Crippen molar-refractivity contribution in [1.29, 1.82) is 0 Å². The molecule has 4 rings (SSSR count). The lowest BCUT2D eigenvalue weighted by molar-refractivity contribution is 0.0901. The number of piperazine rings is 1. The van der Waals surface area contributed by atoms with E-state index in [-0.39, 0.29) is 23.0 Å². The van der Waals surface area contributed by atoms with Gasteiger partial charge in [-0.3, -0.25) is 9.69 Å². The first kappa shape index (κ1) is 25.1. The quantitative estimate of drug-likeness (QED) is 0.463. The molecule has 1 aromatic heterocycles. The highest BCUT2D eigenvalue weighted by molar-refractivity contribution is 7.89. The van der Waals surface area contributed by atoms with Crippen molar-refractivity contribution < 1.29 is 22.3 Å². The summed E-state index contributed by atoms with van der Waals surface area (Å²) in [5.74, 6) is 0.285. The fourth-order valence-electron chi connectivity index (χ4n) is 4.63. The van der Waals surface area contributed by atoms with Gasteiger partial charge in [-0.1, -0.05) is 0 Å². The van der Waals surface area contributed by atoms with Crippen LogP contribution in [0.3, 0.4) is 0 Å². The number of nitrogens with zero attached hydrogens (tertiary/aromatic N) is 3. The first-order valence-corrected chi connectivity index (χ1v) is 12.9. The van der Waals surface area contributed by atoms with Crippen LogP contribution < -0.4 is 4.74 Å². The van der Waals surface area contributed by atoms with E-state index in [1.54, 1.807) is 44.4 Å². The second-order valence-electron chi connectivity index (χ2n) is 8.83. The summed E-state index contributed by atoms with van der Waals surface area (Å²) in [7, 11) is -2.08. The van der Waals surface area contributed by atoms with Crippen molar-refractivity contribution in [2.75, 3.05) is 39.8 Å². The predicted molar refractivity (Wildman–Crippen MR) is 132 cm³/mol. The Balaban J connectivity index is 1.43. The fourth-order valence-corrected chi connectivity index (χ4v) is 6.25. The molecule has 1 aliphatic heterocycles. The maximum atomic E-state index is 13.3. The topological polar surface area (TPSA) is 71.9 Å². The Bertz CT molecular complexity index is 1340. The Morgan fingerprint density at radius 3 is 2.23 bits per heavy atom. The van der Waals surface area contributed by atoms with E-state index in [9.17, 15) is 17.6 Å². The number of carbonyl (C=O) groups is 1. The van der Waals surface area contributed by atoms with Gasteiger partial charge in [0.1, 0.15) is 11.6 Å². The summed E-state index contributed by atoms with van der Waals surface area (Å²) in [6, 6.07) is 13.0. The minimum absolute atomic E-state index is 0.0197. The van der Waals surface area contributed by atoms with Crippen LogP contribution in [0.4, 0.5) is 4.39 Å². The lowest BCUT2D eigenvalue weighted by Crippen LogP contribution is -2.49. The maximum absolute atomic E-state index is 13.3. The van der Waals surface area contributed by atoms with E-state index in [1.165, 1.54) is 16.4 Å². The van der Waals surface area contributed by atoms with Crippen LogP contribution in [0.2, 0.25) is 0 Å². The van der Waals surface area contributed by atoms with Crippen LogP contribution in [0.5, 0.6) is 5.75 Å². The van der Waals surface area contributed by atoms with Crippen LogP contribution in [0.25, 0.3) is 5.69 Å². The lowest BCUT2D eigenvalue weighted by Gasteiger charge is -2.33. The van der Waals surface area contributed by atoms with Gasteiger partial charge in [0, 0.05) is 48.8 Å². The Kier molecular flexibility index (Phi) is 7.12.